The van der Waals surface area contributed by atoms with Gasteiger partial charge in [-0.15, -0.1) is 0 Å². The topological polar surface area (TPSA) is 138 Å². The van der Waals surface area contributed by atoms with E-state index in [1.165, 1.54) is 33.3 Å². The van der Waals surface area contributed by atoms with E-state index in [9.17, 15) is 18.5 Å². The summed E-state index contributed by atoms with van der Waals surface area (Å²) in [5.41, 5.74) is 3.23. The van der Waals surface area contributed by atoms with Gasteiger partial charge in [-0.25, -0.2) is 4.98 Å². The van der Waals surface area contributed by atoms with Crippen molar-refractivity contribution in [2.75, 3.05) is 38.7 Å². The number of hydrogen-bond donors (Lipinski definition) is 1. The number of amides is 1. The Morgan fingerprint density at radius 3 is 2.68 bits per heavy atom. The van der Waals surface area contributed by atoms with Crippen molar-refractivity contribution in [1.29, 1.82) is 5.26 Å². The normalized spacial score (nSPS) is 16.2. The van der Waals surface area contributed by atoms with Crippen LogP contribution in [0.2, 0.25) is 0 Å². The van der Waals surface area contributed by atoms with E-state index in [1.807, 2.05) is 6.92 Å². The average molecular weight is 541 g/mol. The molecule has 1 aromatic carbocycles. The quantitative estimate of drug-likeness (QED) is 0.504. The minimum atomic E-state index is -3.61. The molecule has 37 heavy (non-hydrogen) atoms. The largest absolute Gasteiger partial charge is 0.496 e. The zero-order chi connectivity index (χ0) is 26.2. The Labute approximate surface area is 218 Å². The number of morpholine rings is 1. The highest BCUT2D eigenvalue weighted by molar-refractivity contribution is 7.86. The lowest BCUT2D eigenvalue weighted by Crippen LogP contribution is -2.46. The maximum Gasteiger partial charge on any atom is 0.282 e. The van der Waals surface area contributed by atoms with Crippen molar-refractivity contribution < 1.29 is 22.7 Å². The van der Waals surface area contributed by atoms with Crippen LogP contribution in [0.15, 0.2) is 30.5 Å². The highest BCUT2D eigenvalue weighted by Gasteiger charge is 2.37. The summed E-state index contributed by atoms with van der Waals surface area (Å²) in [5.74, 6) is 0.102. The highest BCUT2D eigenvalue weighted by Crippen LogP contribution is 2.36. The van der Waals surface area contributed by atoms with Gasteiger partial charge in [-0.3, -0.25) is 15.1 Å². The first-order chi connectivity index (χ1) is 17.8. The van der Waals surface area contributed by atoms with Gasteiger partial charge in [0.1, 0.15) is 5.75 Å². The molecule has 11 nitrogen and oxygen atoms in total. The SMILES string of the molecule is COc1ccc(C#N)cc1-c1cc(C)ncc1C(=O)Nc1nc2c(s1)CN(S(=O)(=O)N1CCOCC1)C2. The van der Waals surface area contributed by atoms with Gasteiger partial charge in [0.15, 0.2) is 5.13 Å². The van der Waals surface area contributed by atoms with E-state index in [-0.39, 0.29) is 13.1 Å². The maximum absolute atomic E-state index is 13.3. The van der Waals surface area contributed by atoms with E-state index in [4.69, 9.17) is 9.47 Å². The molecule has 2 aliphatic rings. The van der Waals surface area contributed by atoms with Crippen LogP contribution in [0.25, 0.3) is 11.1 Å². The number of rotatable bonds is 6. The van der Waals surface area contributed by atoms with Crippen LogP contribution in [0, 0.1) is 18.3 Å². The van der Waals surface area contributed by atoms with Gasteiger partial charge in [-0.2, -0.15) is 22.3 Å². The van der Waals surface area contributed by atoms with Crippen molar-refractivity contribution in [3.05, 3.63) is 57.9 Å². The van der Waals surface area contributed by atoms with Crippen LogP contribution in [-0.2, 0) is 28.0 Å². The first-order valence-electron chi connectivity index (χ1n) is 11.5. The Morgan fingerprint density at radius 1 is 1.19 bits per heavy atom. The van der Waals surface area contributed by atoms with Gasteiger partial charge in [0.2, 0.25) is 0 Å². The average Bonchev–Trinajstić information content (AvgIpc) is 3.48. The van der Waals surface area contributed by atoms with Crippen molar-refractivity contribution in [3.8, 4) is 22.9 Å². The molecule has 1 amide bonds. The monoisotopic (exact) mass is 540 g/mol. The number of hydrogen-bond acceptors (Lipinski definition) is 9. The van der Waals surface area contributed by atoms with E-state index in [1.54, 1.807) is 24.3 Å². The van der Waals surface area contributed by atoms with Crippen LogP contribution in [0.3, 0.4) is 0 Å². The third-order valence-corrected chi connectivity index (χ3v) is 9.10. The van der Waals surface area contributed by atoms with Crippen LogP contribution in [-0.4, -0.2) is 66.3 Å². The minimum Gasteiger partial charge on any atom is -0.496 e. The number of benzene rings is 1. The maximum atomic E-state index is 13.3. The first-order valence-corrected chi connectivity index (χ1v) is 13.7. The Hall–Kier alpha value is -3.41. The molecule has 0 spiro atoms. The summed E-state index contributed by atoms with van der Waals surface area (Å²) in [7, 11) is -2.08. The van der Waals surface area contributed by atoms with Crippen molar-refractivity contribution in [2.45, 2.75) is 20.0 Å². The molecular weight excluding hydrogens is 516 g/mol. The molecular formula is C24H24N6O5S2. The Kier molecular flexibility index (Phi) is 6.93. The van der Waals surface area contributed by atoms with Crippen molar-refractivity contribution in [3.63, 3.8) is 0 Å². The standard InChI is InChI=1S/C24H24N6O5S2/c1-15-9-17(18-10-16(11-25)3-4-21(18)34-2)19(12-26-15)23(31)28-24-27-20-13-30(14-22(20)36-24)37(32,33)29-5-7-35-8-6-29/h3-4,9-10,12H,5-8,13-14H2,1-2H3,(H,27,28,31). The molecule has 0 saturated carbocycles. The molecule has 1 fully saturated rings. The molecule has 192 valence electrons. The molecule has 0 aliphatic carbocycles. The molecule has 5 rings (SSSR count). The molecule has 2 aromatic heterocycles. The number of thiazole rings is 1. The number of fused-ring (bicyclic) bond motifs is 1. The summed E-state index contributed by atoms with van der Waals surface area (Å²) < 4.78 is 39.5. The smallest absolute Gasteiger partial charge is 0.282 e. The number of carbonyl (C=O) groups is 1. The lowest BCUT2D eigenvalue weighted by molar-refractivity contribution is 0.0701. The minimum absolute atomic E-state index is 0.150. The summed E-state index contributed by atoms with van der Waals surface area (Å²) in [4.78, 5) is 22.9. The summed E-state index contributed by atoms with van der Waals surface area (Å²) in [6.07, 6.45) is 1.48. The first kappa shape index (κ1) is 25.2. The van der Waals surface area contributed by atoms with E-state index in [0.29, 0.717) is 70.8 Å². The molecule has 13 heteroatoms. The molecule has 0 atom stereocenters. The summed E-state index contributed by atoms with van der Waals surface area (Å²) in [6, 6.07) is 8.89. The zero-order valence-corrected chi connectivity index (χ0v) is 21.9. The van der Waals surface area contributed by atoms with Crippen molar-refractivity contribution in [2.24, 2.45) is 0 Å². The number of pyridine rings is 1. The molecule has 0 bridgehead atoms. The molecule has 2 aliphatic heterocycles. The molecule has 1 saturated heterocycles. The zero-order valence-electron chi connectivity index (χ0n) is 20.2. The molecule has 0 radical (unpaired) electrons. The third kappa shape index (κ3) is 4.94. The summed E-state index contributed by atoms with van der Waals surface area (Å²) in [5, 5.41) is 12.6. The van der Waals surface area contributed by atoms with Gasteiger partial charge >= 0.3 is 0 Å². The highest BCUT2D eigenvalue weighted by atomic mass is 32.2. The fraction of sp³-hybridized carbons (Fsp3) is 0.333. The van der Waals surface area contributed by atoms with Crippen molar-refractivity contribution in [1.82, 2.24) is 18.6 Å². The molecule has 4 heterocycles. The fourth-order valence-corrected chi connectivity index (χ4v) is 6.86. The van der Waals surface area contributed by atoms with Crippen LogP contribution in [0.1, 0.15) is 32.2 Å². The second-order valence-electron chi connectivity index (χ2n) is 8.53. The third-order valence-electron chi connectivity index (χ3n) is 6.17. The van der Waals surface area contributed by atoms with E-state index in [2.05, 4.69) is 21.4 Å². The number of methoxy groups -OCH3 is 1. The summed E-state index contributed by atoms with van der Waals surface area (Å²) in [6.45, 7) is 3.59. The summed E-state index contributed by atoms with van der Waals surface area (Å²) >= 11 is 1.25. The number of ether oxygens (including phenoxy) is 2. The van der Waals surface area contributed by atoms with Gasteiger partial charge in [0, 0.05) is 41.0 Å². The molecule has 1 N–H and O–H groups in total. The second-order valence-corrected chi connectivity index (χ2v) is 11.5. The van der Waals surface area contributed by atoms with Crippen LogP contribution in [0.5, 0.6) is 5.75 Å². The van der Waals surface area contributed by atoms with Crippen molar-refractivity contribution >= 4 is 32.6 Å². The lowest BCUT2D eigenvalue weighted by atomic mass is 9.97. The molecule has 0 unspecified atom stereocenters. The Bertz CT molecular complexity index is 1480. The van der Waals surface area contributed by atoms with Gasteiger partial charge in [0.05, 0.1) is 56.3 Å². The van der Waals surface area contributed by atoms with E-state index >= 15 is 0 Å². The predicted molar refractivity (Wildman–Crippen MR) is 136 cm³/mol. The van der Waals surface area contributed by atoms with E-state index < -0.39 is 16.1 Å². The van der Waals surface area contributed by atoms with Gasteiger partial charge in [0.25, 0.3) is 16.1 Å². The number of nitriles is 1. The number of nitrogens with one attached hydrogen (secondary N) is 1. The number of aryl methyl sites for hydroxylation is 1. The number of nitrogens with zero attached hydrogens (tertiary/aromatic N) is 5. The number of carbonyl (C=O) groups excluding carboxylic acids is 1. The van der Waals surface area contributed by atoms with Crippen LogP contribution in [0.4, 0.5) is 5.13 Å². The number of anilines is 1. The van der Waals surface area contributed by atoms with Gasteiger partial charge < -0.3 is 9.47 Å². The predicted octanol–water partition coefficient (Wildman–Crippen LogP) is 2.54. The fourth-order valence-electron chi connectivity index (χ4n) is 4.29. The van der Waals surface area contributed by atoms with Crippen LogP contribution < -0.4 is 10.1 Å². The lowest BCUT2D eigenvalue weighted by Gasteiger charge is -2.29. The second kappa shape index (κ2) is 10.2. The Balaban J connectivity index is 1.37. The number of aromatic nitrogens is 2. The van der Waals surface area contributed by atoms with E-state index in [0.717, 1.165) is 4.88 Å². The van der Waals surface area contributed by atoms with Crippen LogP contribution >= 0.6 is 11.3 Å². The van der Waals surface area contributed by atoms with Gasteiger partial charge in [-0.1, -0.05) is 11.3 Å². The van der Waals surface area contributed by atoms with Gasteiger partial charge in [-0.05, 0) is 31.2 Å². The Morgan fingerprint density at radius 2 is 1.97 bits per heavy atom. The molecule has 3 aromatic rings.